The standard InChI is InChI=1S/C14H18O5/c1-3-19-13(15)9-11(14(16)17)7-10-5-4-6-12(8-10)18-2/h4-6,8,11H,3,7,9H2,1-2H3,(H,16,17)/t11-/m1/s1. The molecule has 1 aromatic rings. The van der Waals surface area contributed by atoms with Crippen molar-refractivity contribution in [3.8, 4) is 5.75 Å². The first-order chi connectivity index (χ1) is 9.06. The van der Waals surface area contributed by atoms with E-state index in [0.29, 0.717) is 5.75 Å². The van der Waals surface area contributed by atoms with Gasteiger partial charge in [0.15, 0.2) is 0 Å². The number of hydrogen-bond donors (Lipinski definition) is 1. The summed E-state index contributed by atoms with van der Waals surface area (Å²) in [7, 11) is 1.55. The molecule has 104 valence electrons. The van der Waals surface area contributed by atoms with Crippen LogP contribution in [0.3, 0.4) is 0 Å². The highest BCUT2D eigenvalue weighted by Gasteiger charge is 2.22. The summed E-state index contributed by atoms with van der Waals surface area (Å²) in [5, 5.41) is 9.14. The van der Waals surface area contributed by atoms with Gasteiger partial charge < -0.3 is 14.6 Å². The molecule has 1 aromatic carbocycles. The lowest BCUT2D eigenvalue weighted by Crippen LogP contribution is -2.21. The zero-order chi connectivity index (χ0) is 14.3. The first-order valence-electron chi connectivity index (χ1n) is 6.08. The van der Waals surface area contributed by atoms with Gasteiger partial charge in [-0.1, -0.05) is 12.1 Å². The van der Waals surface area contributed by atoms with Crippen LogP contribution in [0, 0.1) is 5.92 Å². The van der Waals surface area contributed by atoms with Crippen LogP contribution in [0.4, 0.5) is 0 Å². The molecule has 0 aliphatic rings. The molecule has 5 heteroatoms. The van der Waals surface area contributed by atoms with Crippen LogP contribution in [0.25, 0.3) is 0 Å². The maximum atomic E-state index is 11.4. The van der Waals surface area contributed by atoms with Gasteiger partial charge in [-0.3, -0.25) is 9.59 Å². The first-order valence-corrected chi connectivity index (χ1v) is 6.08. The summed E-state index contributed by atoms with van der Waals surface area (Å²) < 4.78 is 9.86. The number of rotatable bonds is 7. The monoisotopic (exact) mass is 266 g/mol. The van der Waals surface area contributed by atoms with E-state index >= 15 is 0 Å². The van der Waals surface area contributed by atoms with Crippen LogP contribution in [-0.4, -0.2) is 30.8 Å². The molecule has 1 atom stereocenters. The van der Waals surface area contributed by atoms with Crippen LogP contribution in [0.1, 0.15) is 18.9 Å². The second-order valence-corrected chi connectivity index (χ2v) is 4.10. The van der Waals surface area contributed by atoms with E-state index in [4.69, 9.17) is 14.6 Å². The quantitative estimate of drug-likeness (QED) is 0.763. The van der Waals surface area contributed by atoms with Crippen molar-refractivity contribution in [1.82, 2.24) is 0 Å². The zero-order valence-corrected chi connectivity index (χ0v) is 11.1. The summed E-state index contributed by atoms with van der Waals surface area (Å²) in [5.41, 5.74) is 0.816. The summed E-state index contributed by atoms with van der Waals surface area (Å²) in [5.74, 6) is -1.61. The third-order valence-corrected chi connectivity index (χ3v) is 2.68. The minimum absolute atomic E-state index is 0.125. The van der Waals surface area contributed by atoms with Crippen LogP contribution in [-0.2, 0) is 20.7 Å². The molecule has 0 aliphatic carbocycles. The van der Waals surface area contributed by atoms with E-state index in [-0.39, 0.29) is 19.4 Å². The number of methoxy groups -OCH3 is 1. The Morgan fingerprint density at radius 3 is 2.68 bits per heavy atom. The lowest BCUT2D eigenvalue weighted by molar-refractivity contribution is -0.151. The van der Waals surface area contributed by atoms with E-state index in [2.05, 4.69) is 0 Å². The largest absolute Gasteiger partial charge is 0.497 e. The number of aliphatic carboxylic acids is 1. The molecule has 0 amide bonds. The topological polar surface area (TPSA) is 72.8 Å². The molecule has 0 unspecified atom stereocenters. The van der Waals surface area contributed by atoms with E-state index in [1.165, 1.54) is 0 Å². The van der Waals surface area contributed by atoms with Crippen molar-refractivity contribution in [2.24, 2.45) is 5.92 Å². The van der Waals surface area contributed by atoms with Gasteiger partial charge in [0.2, 0.25) is 0 Å². The molecule has 1 rings (SSSR count). The highest BCUT2D eigenvalue weighted by molar-refractivity contribution is 5.79. The minimum atomic E-state index is -1.00. The van der Waals surface area contributed by atoms with Gasteiger partial charge >= 0.3 is 11.9 Å². The Bertz CT molecular complexity index is 441. The Balaban J connectivity index is 2.72. The Hall–Kier alpha value is -2.04. The number of hydrogen-bond acceptors (Lipinski definition) is 4. The van der Waals surface area contributed by atoms with Gasteiger partial charge in [0.1, 0.15) is 5.75 Å². The fourth-order valence-electron chi connectivity index (χ4n) is 1.75. The normalized spacial score (nSPS) is 11.7. The van der Waals surface area contributed by atoms with Crippen molar-refractivity contribution >= 4 is 11.9 Å². The second-order valence-electron chi connectivity index (χ2n) is 4.10. The number of ether oxygens (including phenoxy) is 2. The number of carbonyl (C=O) groups excluding carboxylic acids is 1. The average molecular weight is 266 g/mol. The lowest BCUT2D eigenvalue weighted by Gasteiger charge is -2.12. The van der Waals surface area contributed by atoms with Gasteiger partial charge in [0.05, 0.1) is 26.1 Å². The molecule has 0 bridgehead atoms. The van der Waals surface area contributed by atoms with E-state index < -0.39 is 17.9 Å². The lowest BCUT2D eigenvalue weighted by atomic mass is 9.96. The fraction of sp³-hybridized carbons (Fsp3) is 0.429. The molecule has 0 saturated heterocycles. The third-order valence-electron chi connectivity index (χ3n) is 2.68. The molecule has 0 spiro atoms. The van der Waals surface area contributed by atoms with E-state index in [1.807, 2.05) is 6.07 Å². The van der Waals surface area contributed by atoms with Crippen LogP contribution < -0.4 is 4.74 Å². The molecular formula is C14H18O5. The van der Waals surface area contributed by atoms with Crippen molar-refractivity contribution in [1.29, 1.82) is 0 Å². The van der Waals surface area contributed by atoms with Crippen molar-refractivity contribution in [3.05, 3.63) is 29.8 Å². The number of esters is 1. The predicted molar refractivity (Wildman–Crippen MR) is 69.1 cm³/mol. The Kier molecular flexibility index (Phi) is 5.85. The summed E-state index contributed by atoms with van der Waals surface area (Å²) in [6, 6.07) is 7.15. The van der Waals surface area contributed by atoms with E-state index in [9.17, 15) is 9.59 Å². The molecule has 0 radical (unpaired) electrons. The van der Waals surface area contributed by atoms with Gasteiger partial charge in [-0.25, -0.2) is 0 Å². The Labute approximate surface area is 112 Å². The maximum absolute atomic E-state index is 11.4. The molecule has 0 aromatic heterocycles. The highest BCUT2D eigenvalue weighted by atomic mass is 16.5. The highest BCUT2D eigenvalue weighted by Crippen LogP contribution is 2.18. The van der Waals surface area contributed by atoms with Crippen LogP contribution >= 0.6 is 0 Å². The predicted octanol–water partition coefficient (Wildman–Crippen LogP) is 1.89. The number of carbonyl (C=O) groups is 2. The number of carboxylic acids is 1. The van der Waals surface area contributed by atoms with Crippen LogP contribution in [0.2, 0.25) is 0 Å². The van der Waals surface area contributed by atoms with Crippen molar-refractivity contribution < 1.29 is 24.2 Å². The van der Waals surface area contributed by atoms with Crippen LogP contribution in [0.5, 0.6) is 5.75 Å². The number of carboxylic acid groups (broad SMARTS) is 1. The molecule has 19 heavy (non-hydrogen) atoms. The summed E-state index contributed by atoms with van der Waals surface area (Å²) in [4.78, 5) is 22.5. The van der Waals surface area contributed by atoms with Crippen molar-refractivity contribution in [3.63, 3.8) is 0 Å². The molecule has 1 N–H and O–H groups in total. The van der Waals surface area contributed by atoms with Gasteiger partial charge in [-0.15, -0.1) is 0 Å². The second kappa shape index (κ2) is 7.41. The zero-order valence-electron chi connectivity index (χ0n) is 11.1. The molecule has 0 fully saturated rings. The average Bonchev–Trinajstić information content (AvgIpc) is 2.38. The minimum Gasteiger partial charge on any atom is -0.497 e. The van der Waals surface area contributed by atoms with E-state index in [1.54, 1.807) is 32.2 Å². The maximum Gasteiger partial charge on any atom is 0.307 e. The number of benzene rings is 1. The van der Waals surface area contributed by atoms with Gasteiger partial charge in [-0.2, -0.15) is 0 Å². The first kappa shape index (κ1) is 15.0. The van der Waals surface area contributed by atoms with Crippen molar-refractivity contribution in [2.75, 3.05) is 13.7 Å². The van der Waals surface area contributed by atoms with Gasteiger partial charge in [-0.05, 0) is 31.0 Å². The van der Waals surface area contributed by atoms with Crippen molar-refractivity contribution in [2.45, 2.75) is 19.8 Å². The SMILES string of the molecule is CCOC(=O)C[C@@H](Cc1cccc(OC)c1)C(=O)O. The molecule has 5 nitrogen and oxygen atoms in total. The summed E-state index contributed by atoms with van der Waals surface area (Å²) in [6.45, 7) is 1.94. The molecule has 0 saturated carbocycles. The molecule has 0 aliphatic heterocycles. The fourth-order valence-corrected chi connectivity index (χ4v) is 1.75. The van der Waals surface area contributed by atoms with Gasteiger partial charge in [0, 0.05) is 0 Å². The summed E-state index contributed by atoms with van der Waals surface area (Å²) in [6.07, 6.45) is 0.145. The molecule has 0 heterocycles. The van der Waals surface area contributed by atoms with Gasteiger partial charge in [0.25, 0.3) is 0 Å². The third kappa shape index (κ3) is 4.99. The molecular weight excluding hydrogens is 248 g/mol. The van der Waals surface area contributed by atoms with E-state index in [0.717, 1.165) is 5.56 Å². The Morgan fingerprint density at radius 2 is 2.11 bits per heavy atom. The summed E-state index contributed by atoms with van der Waals surface area (Å²) >= 11 is 0. The van der Waals surface area contributed by atoms with Crippen LogP contribution in [0.15, 0.2) is 24.3 Å². The smallest absolute Gasteiger partial charge is 0.307 e. The Morgan fingerprint density at radius 1 is 1.37 bits per heavy atom.